The Bertz CT molecular complexity index is 1650. The summed E-state index contributed by atoms with van der Waals surface area (Å²) >= 11 is 0. The molecule has 1 aromatic rings. The number of nitrogens with two attached hydrogens (primary N) is 1. The number of carbonyl (C=O) groups is 8. The van der Waals surface area contributed by atoms with Crippen LogP contribution in [-0.4, -0.2) is 130 Å². The Labute approximate surface area is 336 Å². The lowest BCUT2D eigenvalue weighted by atomic mass is 9.96. The van der Waals surface area contributed by atoms with Crippen molar-refractivity contribution >= 4 is 53.3 Å². The lowest BCUT2D eigenvalue weighted by Crippen LogP contribution is -2.68. The van der Waals surface area contributed by atoms with E-state index in [0.717, 1.165) is 4.90 Å². The molecule has 2 aliphatic rings. The van der Waals surface area contributed by atoms with Crippen LogP contribution in [-0.2, 0) is 44.8 Å². The van der Waals surface area contributed by atoms with Crippen LogP contribution in [0.1, 0.15) is 79.0 Å². The van der Waals surface area contributed by atoms with Gasteiger partial charge in [0.2, 0.25) is 35.4 Å². The fourth-order valence-corrected chi connectivity index (χ4v) is 6.17. The van der Waals surface area contributed by atoms with E-state index in [1.807, 2.05) is 0 Å². The number of hydrogen-bond donors (Lipinski definition) is 10. The van der Waals surface area contributed by atoms with Gasteiger partial charge in [-0.2, -0.15) is 0 Å². The highest BCUT2D eigenvalue weighted by atomic mass is 16.6. The van der Waals surface area contributed by atoms with Gasteiger partial charge in [-0.25, -0.2) is 9.59 Å². The van der Waals surface area contributed by atoms with Gasteiger partial charge < -0.3 is 57.1 Å². The number of amides is 9. The Morgan fingerprint density at radius 1 is 0.966 bits per heavy atom. The summed E-state index contributed by atoms with van der Waals surface area (Å²) in [6.45, 7) is 3.99. The average Bonchev–Trinajstić information content (AvgIpc) is 3.42. The zero-order valence-corrected chi connectivity index (χ0v) is 32.7. The molecule has 21 nitrogen and oxygen atoms in total. The number of hydrogen-bond acceptors (Lipinski definition) is 13. The standard InChI is InChI=1S/C37H56N8O13/c1-20(2)29(43-26(48)9-5-4-6-17-45-27(49)14-15-28(45)50)34(54)42-24(8-7-16-39-36(38)55)33(53)41-23-12-10-22(11-13-23)19-57-37(56)44-35-30(40-21(3)47)32(52)31(51)25(18-46)58-35/h10-13,20,24-25,29-32,35,46,51-52H,4-9,14-19H2,1-3H3,(H,40,47)(H,41,53)(H,42,54)(H,43,48)(H,44,56)(H3,38,39,55)/t24?,25-,29?,30-,31-,32-,35?/m1/s1/i14T/t14?,24?,25-,29?,30-,31-,32-,35?. The van der Waals surface area contributed by atoms with Gasteiger partial charge in [-0.05, 0) is 49.3 Å². The van der Waals surface area contributed by atoms with Crippen LogP contribution in [0.25, 0.3) is 0 Å². The second-order valence-electron chi connectivity index (χ2n) is 14.3. The molecule has 1 aromatic carbocycles. The van der Waals surface area contributed by atoms with Gasteiger partial charge in [0, 0.05) is 46.3 Å². The van der Waals surface area contributed by atoms with Crippen molar-refractivity contribution in [2.75, 3.05) is 25.0 Å². The number of urea groups is 1. The summed E-state index contributed by atoms with van der Waals surface area (Å²) in [5.41, 5.74) is 5.96. The molecule has 2 saturated heterocycles. The molecule has 3 rings (SSSR count). The van der Waals surface area contributed by atoms with E-state index < -0.39 is 97.3 Å². The minimum absolute atomic E-state index is 0.0715. The third-order valence-corrected chi connectivity index (χ3v) is 9.32. The molecule has 322 valence electrons. The Balaban J connectivity index is 1.55. The predicted molar refractivity (Wildman–Crippen MR) is 204 cm³/mol. The molecule has 9 amide bonds. The largest absolute Gasteiger partial charge is 0.445 e. The van der Waals surface area contributed by atoms with Gasteiger partial charge in [0.05, 0.1) is 6.61 Å². The monoisotopic (exact) mass is 822 g/mol. The number of unbranched alkanes of at least 4 members (excludes halogenated alkanes) is 2. The van der Waals surface area contributed by atoms with Crippen LogP contribution >= 0.6 is 0 Å². The molecule has 2 aliphatic heterocycles. The minimum Gasteiger partial charge on any atom is -0.445 e. The number of nitrogens with zero attached hydrogens (tertiary/aromatic N) is 1. The van der Waals surface area contributed by atoms with Crippen LogP contribution in [0.2, 0.25) is 0 Å². The van der Waals surface area contributed by atoms with Crippen LogP contribution in [0.3, 0.4) is 0 Å². The number of likely N-dealkylation sites (tertiary alicyclic amines) is 1. The fourth-order valence-electron chi connectivity index (χ4n) is 6.17. The SMILES string of the molecule is [3H]C1CC(=O)N(CCCCCC(=O)NC(C(=O)NC(CCCNC(N)=O)C(=O)Nc2ccc(COC(=O)NC3O[C@H](CO)[C@@H](O)[C@H](O)[C@H]3NC(C)=O)cc2)C(C)C)C1=O. The summed E-state index contributed by atoms with van der Waals surface area (Å²) in [7, 11) is 0. The minimum atomic E-state index is -1.57. The van der Waals surface area contributed by atoms with Gasteiger partial charge in [0.1, 0.15) is 43.0 Å². The molecule has 0 saturated carbocycles. The van der Waals surface area contributed by atoms with Gasteiger partial charge in [0.15, 0.2) is 6.23 Å². The topological polar surface area (TPSA) is 317 Å². The number of primary amides is 1. The molecule has 2 fully saturated rings. The van der Waals surface area contributed by atoms with E-state index in [4.69, 9.17) is 16.6 Å². The van der Waals surface area contributed by atoms with E-state index >= 15 is 0 Å². The number of aliphatic hydroxyl groups is 3. The first-order valence-electron chi connectivity index (χ1n) is 19.6. The number of imide groups is 1. The lowest BCUT2D eigenvalue weighted by molar-refractivity contribution is -0.200. The molecular formula is C37H56N8O13. The summed E-state index contributed by atoms with van der Waals surface area (Å²) < 4.78 is 18.3. The third kappa shape index (κ3) is 14.8. The highest BCUT2D eigenvalue weighted by Gasteiger charge is 2.45. The fraction of sp³-hybridized carbons (Fsp3) is 0.622. The molecule has 21 heteroatoms. The first-order chi connectivity index (χ1) is 27.9. The average molecular weight is 823 g/mol. The molecule has 11 N–H and O–H groups in total. The summed E-state index contributed by atoms with van der Waals surface area (Å²) in [6, 6.07) is 2.03. The number of alkyl carbamates (subject to hydrolysis) is 1. The van der Waals surface area contributed by atoms with Crippen molar-refractivity contribution in [3.8, 4) is 0 Å². The maximum Gasteiger partial charge on any atom is 0.409 e. The number of carbonyl (C=O) groups excluding carboxylic acids is 8. The van der Waals surface area contributed by atoms with Crippen molar-refractivity contribution in [1.82, 2.24) is 31.5 Å². The summed E-state index contributed by atoms with van der Waals surface area (Å²) in [6.07, 6.45) is -6.08. The molecular weight excluding hydrogens is 764 g/mol. The zero-order chi connectivity index (χ0) is 43.8. The number of ether oxygens (including phenoxy) is 2. The Morgan fingerprint density at radius 3 is 2.28 bits per heavy atom. The molecule has 0 aliphatic carbocycles. The van der Waals surface area contributed by atoms with E-state index in [0.29, 0.717) is 30.5 Å². The highest BCUT2D eigenvalue weighted by Crippen LogP contribution is 2.21. The van der Waals surface area contributed by atoms with Crippen molar-refractivity contribution < 1.29 is 64.5 Å². The van der Waals surface area contributed by atoms with Crippen molar-refractivity contribution in [3.05, 3.63) is 29.8 Å². The molecule has 0 radical (unpaired) electrons. The van der Waals surface area contributed by atoms with E-state index in [1.165, 1.54) is 19.1 Å². The molecule has 0 bridgehead atoms. The molecule has 0 spiro atoms. The quantitative estimate of drug-likeness (QED) is 0.0504. The van der Waals surface area contributed by atoms with Gasteiger partial charge in [-0.1, -0.05) is 32.4 Å². The summed E-state index contributed by atoms with van der Waals surface area (Å²) in [5, 5.41) is 45.4. The van der Waals surface area contributed by atoms with Gasteiger partial charge >= 0.3 is 12.1 Å². The number of rotatable bonds is 21. The number of aliphatic hydroxyl groups excluding tert-OH is 3. The maximum absolute atomic E-state index is 13.5. The van der Waals surface area contributed by atoms with Gasteiger partial charge in [-0.15, -0.1) is 0 Å². The van der Waals surface area contributed by atoms with Crippen LogP contribution in [0.5, 0.6) is 0 Å². The second-order valence-corrected chi connectivity index (χ2v) is 14.3. The van der Waals surface area contributed by atoms with Gasteiger partial charge in [0.25, 0.3) is 0 Å². The molecule has 0 aromatic heterocycles. The normalized spacial score (nSPS) is 22.9. The maximum atomic E-state index is 13.5. The first kappa shape index (κ1) is 45.3. The van der Waals surface area contributed by atoms with Crippen molar-refractivity contribution in [2.24, 2.45) is 11.7 Å². The van der Waals surface area contributed by atoms with E-state index in [1.54, 1.807) is 26.0 Å². The highest BCUT2D eigenvalue weighted by molar-refractivity contribution is 6.02. The Hall–Kier alpha value is -5.38. The second kappa shape index (κ2) is 23.1. The van der Waals surface area contributed by atoms with E-state index in [2.05, 4.69) is 31.9 Å². The smallest absolute Gasteiger partial charge is 0.409 e. The van der Waals surface area contributed by atoms with Crippen molar-refractivity contribution in [1.29, 1.82) is 0 Å². The Morgan fingerprint density at radius 2 is 1.67 bits per heavy atom. The van der Waals surface area contributed by atoms with E-state index in [9.17, 15) is 53.7 Å². The first-order valence-corrected chi connectivity index (χ1v) is 19.0. The molecule has 4 unspecified atom stereocenters. The number of benzene rings is 1. The molecule has 58 heavy (non-hydrogen) atoms. The molecule has 2 heterocycles. The number of anilines is 1. The summed E-state index contributed by atoms with van der Waals surface area (Å²) in [4.78, 5) is 100. The van der Waals surface area contributed by atoms with E-state index in [-0.39, 0.29) is 57.2 Å². The molecule has 8 atom stereocenters. The lowest BCUT2D eigenvalue weighted by Gasteiger charge is -2.42. The summed E-state index contributed by atoms with van der Waals surface area (Å²) in [5.74, 6) is -3.46. The van der Waals surface area contributed by atoms with Crippen LogP contribution in [0.15, 0.2) is 24.3 Å². The van der Waals surface area contributed by atoms with Crippen molar-refractivity contribution in [2.45, 2.75) is 121 Å². The Kier molecular flexibility index (Phi) is 18.1. The van der Waals surface area contributed by atoms with Crippen LogP contribution in [0.4, 0.5) is 15.3 Å². The number of nitrogens with one attached hydrogen (secondary N) is 6. The van der Waals surface area contributed by atoms with Crippen molar-refractivity contribution in [3.63, 3.8) is 0 Å². The van der Waals surface area contributed by atoms with Crippen LogP contribution in [0, 0.1) is 5.92 Å². The predicted octanol–water partition coefficient (Wildman–Crippen LogP) is -1.42. The zero-order valence-electron chi connectivity index (χ0n) is 33.7. The van der Waals surface area contributed by atoms with Gasteiger partial charge in [-0.3, -0.25) is 39.0 Å². The third-order valence-electron chi connectivity index (χ3n) is 9.32. The van der Waals surface area contributed by atoms with Crippen LogP contribution < -0.4 is 37.6 Å².